The highest BCUT2D eigenvalue weighted by atomic mass is 32.2. The normalized spacial score (nSPS) is 19.2. The number of β-lactam (4-membered cyclic amide) rings is 1. The van der Waals surface area contributed by atoms with Crippen molar-refractivity contribution in [1.82, 2.24) is 4.90 Å². The number of likely N-dealkylation sites (tertiary alicyclic amines) is 1. The van der Waals surface area contributed by atoms with Crippen LogP contribution in [0.15, 0.2) is 107 Å². The van der Waals surface area contributed by atoms with Crippen LogP contribution in [0.5, 0.6) is 5.75 Å². The van der Waals surface area contributed by atoms with Crippen molar-refractivity contribution >= 4 is 28.7 Å². The smallest absolute Gasteiger partial charge is 0.359 e. The Labute approximate surface area is 213 Å². The lowest BCUT2D eigenvalue weighted by Crippen LogP contribution is -2.61. The van der Waals surface area contributed by atoms with Crippen molar-refractivity contribution in [3.05, 3.63) is 114 Å². The Balaban J connectivity index is 1.32. The number of amides is 1. The lowest BCUT2D eigenvalue weighted by molar-refractivity contribution is -0.153. The summed E-state index contributed by atoms with van der Waals surface area (Å²) in [6, 6.07) is 27.4. The Morgan fingerprint density at radius 3 is 2.08 bits per heavy atom. The molecular weight excluding hydrogens is 476 g/mol. The van der Waals surface area contributed by atoms with Gasteiger partial charge >= 0.3 is 5.97 Å². The Morgan fingerprint density at radius 1 is 0.972 bits per heavy atom. The molecule has 1 fully saturated rings. The van der Waals surface area contributed by atoms with Crippen LogP contribution in [0.2, 0.25) is 0 Å². The number of para-hydroxylation sites is 1. The fraction of sp³-hybridized carbons (Fsp3) is 0.179. The summed E-state index contributed by atoms with van der Waals surface area (Å²) in [7, 11) is 0. The number of carbonyl (C=O) groups excluding carboxylic acids is 2. The highest BCUT2D eigenvalue weighted by molar-refractivity contribution is 8.15. The minimum absolute atomic E-state index is 0.175. The van der Waals surface area contributed by atoms with Gasteiger partial charge in [-0.15, -0.1) is 0 Å². The van der Waals surface area contributed by atoms with Gasteiger partial charge in [0.25, 0.3) is 5.91 Å². The molecule has 1 saturated heterocycles. The van der Waals surface area contributed by atoms with Gasteiger partial charge in [-0.1, -0.05) is 90.6 Å². The molecule has 0 aromatic heterocycles. The number of hydrogen-bond donors (Lipinski definition) is 1. The predicted octanol–water partition coefficient (Wildman–Crippen LogP) is 4.87. The maximum absolute atomic E-state index is 13.4. The predicted molar refractivity (Wildman–Crippen MR) is 138 cm³/mol. The minimum atomic E-state index is -0.783. The van der Waals surface area contributed by atoms with E-state index in [0.717, 1.165) is 11.1 Å². The molecule has 0 spiro atoms. The standard InChI is InChI=1S/C28H24N2O5S/c1-18(31)24(28(33)35-25(19-11-5-2-6-12-19)20-13-7-3-8-14-20)30-26(32)23-27(30)36-22(29-23)17-34-21-15-9-4-10-16-21/h2-16,23,25,27,31H,17H2,1H3/b24-18-/t23-,27-/m1/s1. The summed E-state index contributed by atoms with van der Waals surface area (Å²) in [5.41, 5.74) is 1.38. The molecular formula is C28H24N2O5S. The number of aliphatic hydroxyl groups excluding tert-OH is 1. The van der Waals surface area contributed by atoms with Gasteiger partial charge in [-0.05, 0) is 30.2 Å². The molecule has 3 aromatic carbocycles. The molecule has 2 atom stereocenters. The van der Waals surface area contributed by atoms with Gasteiger partial charge in [0, 0.05) is 0 Å². The average molecular weight is 501 g/mol. The number of esters is 1. The number of benzene rings is 3. The van der Waals surface area contributed by atoms with E-state index >= 15 is 0 Å². The lowest BCUT2D eigenvalue weighted by Gasteiger charge is -2.41. The molecule has 0 saturated carbocycles. The van der Waals surface area contributed by atoms with Crippen LogP contribution in [0.3, 0.4) is 0 Å². The van der Waals surface area contributed by atoms with Gasteiger partial charge in [-0.2, -0.15) is 0 Å². The number of aliphatic imine (C=N–C) groups is 1. The van der Waals surface area contributed by atoms with Gasteiger partial charge in [-0.3, -0.25) is 14.7 Å². The maximum Gasteiger partial charge on any atom is 0.359 e. The van der Waals surface area contributed by atoms with Crippen LogP contribution in [-0.4, -0.2) is 44.9 Å². The fourth-order valence-corrected chi connectivity index (χ4v) is 5.35. The molecule has 2 heterocycles. The third-order valence-electron chi connectivity index (χ3n) is 5.87. The van der Waals surface area contributed by atoms with Crippen molar-refractivity contribution in [2.45, 2.75) is 24.4 Å². The van der Waals surface area contributed by atoms with Crippen molar-refractivity contribution in [3.8, 4) is 5.75 Å². The van der Waals surface area contributed by atoms with Crippen LogP contribution in [0.1, 0.15) is 24.2 Å². The molecule has 0 bridgehead atoms. The second-order valence-electron chi connectivity index (χ2n) is 8.33. The number of allylic oxidation sites excluding steroid dienone is 1. The second kappa shape index (κ2) is 10.3. The van der Waals surface area contributed by atoms with Gasteiger partial charge in [0.2, 0.25) is 0 Å². The first-order valence-electron chi connectivity index (χ1n) is 11.5. The van der Waals surface area contributed by atoms with Crippen molar-refractivity contribution < 1.29 is 24.2 Å². The highest BCUT2D eigenvalue weighted by Crippen LogP contribution is 2.42. The van der Waals surface area contributed by atoms with Crippen molar-refractivity contribution in [2.75, 3.05) is 6.61 Å². The zero-order valence-electron chi connectivity index (χ0n) is 19.5. The Kier molecular flexibility index (Phi) is 6.77. The highest BCUT2D eigenvalue weighted by Gasteiger charge is 2.55. The lowest BCUT2D eigenvalue weighted by atomic mass is 10.0. The van der Waals surface area contributed by atoms with Crippen molar-refractivity contribution in [3.63, 3.8) is 0 Å². The van der Waals surface area contributed by atoms with Gasteiger partial charge in [-0.25, -0.2) is 4.79 Å². The molecule has 8 heteroatoms. The van der Waals surface area contributed by atoms with Crippen molar-refractivity contribution in [2.24, 2.45) is 4.99 Å². The molecule has 7 nitrogen and oxygen atoms in total. The Morgan fingerprint density at radius 2 is 1.53 bits per heavy atom. The largest absolute Gasteiger partial charge is 0.510 e. The number of fused-ring (bicyclic) bond motifs is 1. The minimum Gasteiger partial charge on any atom is -0.510 e. The quantitative estimate of drug-likeness (QED) is 0.206. The zero-order chi connectivity index (χ0) is 25.1. The number of carbonyl (C=O) groups is 2. The van der Waals surface area contributed by atoms with E-state index in [1.807, 2.05) is 91.0 Å². The fourth-order valence-electron chi connectivity index (χ4n) is 4.15. The molecule has 2 aliphatic rings. The molecule has 0 aliphatic carbocycles. The summed E-state index contributed by atoms with van der Waals surface area (Å²) in [6.07, 6.45) is -0.705. The van der Waals surface area contributed by atoms with E-state index < -0.39 is 23.5 Å². The van der Waals surface area contributed by atoms with Gasteiger partial charge < -0.3 is 14.6 Å². The van der Waals surface area contributed by atoms with Crippen LogP contribution >= 0.6 is 11.8 Å². The number of rotatable bonds is 8. The van der Waals surface area contributed by atoms with E-state index in [9.17, 15) is 14.7 Å². The average Bonchev–Trinajstić information content (AvgIpc) is 3.29. The molecule has 1 amide bonds. The summed E-state index contributed by atoms with van der Waals surface area (Å²) in [4.78, 5) is 32.1. The van der Waals surface area contributed by atoms with E-state index in [2.05, 4.69) is 4.99 Å². The van der Waals surface area contributed by atoms with E-state index in [1.165, 1.54) is 23.6 Å². The number of thioether (sulfide) groups is 1. The van der Waals surface area contributed by atoms with E-state index in [0.29, 0.717) is 10.8 Å². The van der Waals surface area contributed by atoms with Crippen LogP contribution < -0.4 is 4.74 Å². The SMILES string of the molecule is C/C(O)=C(\C(=O)OC(c1ccccc1)c1ccccc1)N1C(=O)[C@H]2N=C(COc3ccccc3)S[C@H]21. The molecule has 36 heavy (non-hydrogen) atoms. The summed E-state index contributed by atoms with van der Waals surface area (Å²) >= 11 is 1.34. The van der Waals surface area contributed by atoms with Crippen LogP contribution in [-0.2, 0) is 14.3 Å². The first kappa shape index (κ1) is 23.7. The molecule has 2 aliphatic heterocycles. The monoisotopic (exact) mass is 500 g/mol. The number of hydrogen-bond acceptors (Lipinski definition) is 7. The number of ether oxygens (including phenoxy) is 2. The third kappa shape index (κ3) is 4.72. The van der Waals surface area contributed by atoms with Crippen molar-refractivity contribution in [1.29, 1.82) is 0 Å². The summed E-state index contributed by atoms with van der Waals surface area (Å²) < 4.78 is 11.7. The van der Waals surface area contributed by atoms with Gasteiger partial charge in [0.05, 0.1) is 0 Å². The summed E-state index contributed by atoms with van der Waals surface area (Å²) in [6.45, 7) is 1.59. The van der Waals surface area contributed by atoms with Gasteiger partial charge in [0.15, 0.2) is 17.8 Å². The third-order valence-corrected chi connectivity index (χ3v) is 7.07. The van der Waals surface area contributed by atoms with E-state index in [4.69, 9.17) is 9.47 Å². The zero-order valence-corrected chi connectivity index (χ0v) is 20.3. The first-order chi connectivity index (χ1) is 17.5. The second-order valence-corrected chi connectivity index (χ2v) is 9.52. The maximum atomic E-state index is 13.4. The molecule has 0 radical (unpaired) electrons. The molecule has 0 unspecified atom stereocenters. The molecule has 1 N–H and O–H groups in total. The molecule has 3 aromatic rings. The van der Waals surface area contributed by atoms with Crippen LogP contribution in [0.25, 0.3) is 0 Å². The van der Waals surface area contributed by atoms with E-state index in [1.54, 1.807) is 0 Å². The van der Waals surface area contributed by atoms with E-state index in [-0.39, 0.29) is 24.0 Å². The van der Waals surface area contributed by atoms with Crippen LogP contribution in [0, 0.1) is 0 Å². The molecule has 182 valence electrons. The molecule has 5 rings (SSSR count). The van der Waals surface area contributed by atoms with Crippen LogP contribution in [0.4, 0.5) is 0 Å². The topological polar surface area (TPSA) is 88.4 Å². The number of aliphatic hydroxyl groups is 1. The first-order valence-corrected chi connectivity index (χ1v) is 12.4. The summed E-state index contributed by atoms with van der Waals surface area (Å²) in [5, 5.41) is 10.7. The summed E-state index contributed by atoms with van der Waals surface area (Å²) in [5.74, 6) is -0.736. The Hall–Kier alpha value is -4.04. The number of nitrogens with zero attached hydrogens (tertiary/aromatic N) is 2. The Bertz CT molecular complexity index is 1270. The van der Waals surface area contributed by atoms with Gasteiger partial charge in [0.1, 0.15) is 28.5 Å².